The number of para-hydroxylation sites is 2. The lowest BCUT2D eigenvalue weighted by Crippen LogP contribution is -2.13. The molecule has 26 heavy (non-hydrogen) atoms. The first kappa shape index (κ1) is 17.7. The molecule has 0 saturated heterocycles. The topological polar surface area (TPSA) is 67.4 Å². The highest BCUT2D eigenvalue weighted by Gasteiger charge is 2.11. The fourth-order valence-electron chi connectivity index (χ4n) is 2.35. The standard InChI is InChI=1S/C20H18N2O3S/c1-2-25-17-7-4-3-6-16(17)22-19(23)14-9-11-15(12-10-14)21-20(24)18-8-5-13-26-18/h3-13H,2H2,1H3,(H,21,24)(H,22,23). The van der Waals surface area contributed by atoms with E-state index in [1.165, 1.54) is 11.3 Å². The van der Waals surface area contributed by atoms with Crippen LogP contribution in [-0.2, 0) is 0 Å². The van der Waals surface area contributed by atoms with E-state index in [2.05, 4.69) is 10.6 Å². The van der Waals surface area contributed by atoms with Crippen molar-refractivity contribution in [2.75, 3.05) is 17.2 Å². The second kappa shape index (κ2) is 8.31. The van der Waals surface area contributed by atoms with Gasteiger partial charge in [-0.05, 0) is 54.8 Å². The molecular formula is C20H18N2O3S. The van der Waals surface area contributed by atoms with Crippen LogP contribution >= 0.6 is 11.3 Å². The summed E-state index contributed by atoms with van der Waals surface area (Å²) in [7, 11) is 0. The number of rotatable bonds is 6. The number of nitrogens with one attached hydrogen (secondary N) is 2. The van der Waals surface area contributed by atoms with E-state index in [0.29, 0.717) is 34.2 Å². The van der Waals surface area contributed by atoms with Crippen LogP contribution in [0.5, 0.6) is 5.75 Å². The molecule has 0 radical (unpaired) electrons. The lowest BCUT2D eigenvalue weighted by Gasteiger charge is -2.11. The van der Waals surface area contributed by atoms with Crippen LogP contribution in [0.15, 0.2) is 66.0 Å². The Labute approximate surface area is 155 Å². The number of amides is 2. The van der Waals surface area contributed by atoms with Crippen LogP contribution in [-0.4, -0.2) is 18.4 Å². The van der Waals surface area contributed by atoms with Crippen molar-refractivity contribution in [1.82, 2.24) is 0 Å². The minimum absolute atomic E-state index is 0.164. The van der Waals surface area contributed by atoms with Crippen molar-refractivity contribution in [3.05, 3.63) is 76.5 Å². The molecule has 0 spiro atoms. The summed E-state index contributed by atoms with van der Waals surface area (Å²) in [6.07, 6.45) is 0. The first-order chi connectivity index (χ1) is 12.7. The minimum atomic E-state index is -0.242. The van der Waals surface area contributed by atoms with E-state index in [4.69, 9.17) is 4.74 Å². The third-order valence-electron chi connectivity index (χ3n) is 3.59. The Bertz CT molecular complexity index is 890. The van der Waals surface area contributed by atoms with Crippen molar-refractivity contribution in [2.24, 2.45) is 0 Å². The van der Waals surface area contributed by atoms with Crippen molar-refractivity contribution in [3.63, 3.8) is 0 Å². The summed E-state index contributed by atoms with van der Waals surface area (Å²) in [4.78, 5) is 25.1. The zero-order chi connectivity index (χ0) is 18.4. The average molecular weight is 366 g/mol. The lowest BCUT2D eigenvalue weighted by molar-refractivity contribution is 0.102. The van der Waals surface area contributed by atoms with Gasteiger partial charge in [0, 0.05) is 11.3 Å². The number of hydrogen-bond acceptors (Lipinski definition) is 4. The quantitative estimate of drug-likeness (QED) is 0.667. The number of carbonyl (C=O) groups is 2. The molecule has 0 atom stereocenters. The molecule has 0 unspecified atom stereocenters. The van der Waals surface area contributed by atoms with E-state index >= 15 is 0 Å². The second-order valence-electron chi connectivity index (χ2n) is 5.39. The summed E-state index contributed by atoms with van der Waals surface area (Å²) >= 11 is 1.38. The molecule has 0 saturated carbocycles. The summed E-state index contributed by atoms with van der Waals surface area (Å²) in [5.41, 5.74) is 1.74. The van der Waals surface area contributed by atoms with Crippen molar-refractivity contribution in [1.29, 1.82) is 0 Å². The van der Waals surface area contributed by atoms with Gasteiger partial charge in [-0.2, -0.15) is 0 Å². The minimum Gasteiger partial charge on any atom is -0.492 e. The van der Waals surface area contributed by atoms with E-state index in [9.17, 15) is 9.59 Å². The number of benzene rings is 2. The Balaban J connectivity index is 1.66. The second-order valence-corrected chi connectivity index (χ2v) is 6.34. The highest BCUT2D eigenvalue weighted by molar-refractivity contribution is 7.12. The van der Waals surface area contributed by atoms with E-state index in [-0.39, 0.29) is 11.8 Å². The number of carbonyl (C=O) groups excluding carboxylic acids is 2. The number of thiophene rings is 1. The van der Waals surface area contributed by atoms with Crippen LogP contribution < -0.4 is 15.4 Å². The summed E-state index contributed by atoms with van der Waals surface area (Å²) < 4.78 is 5.51. The normalized spacial score (nSPS) is 10.2. The van der Waals surface area contributed by atoms with Crippen LogP contribution in [0.25, 0.3) is 0 Å². The van der Waals surface area contributed by atoms with Gasteiger partial charge in [0.15, 0.2) is 0 Å². The molecule has 3 aromatic rings. The maximum Gasteiger partial charge on any atom is 0.265 e. The van der Waals surface area contributed by atoms with Gasteiger partial charge >= 0.3 is 0 Å². The molecule has 2 amide bonds. The molecule has 2 N–H and O–H groups in total. The van der Waals surface area contributed by atoms with E-state index < -0.39 is 0 Å². The number of ether oxygens (including phenoxy) is 1. The smallest absolute Gasteiger partial charge is 0.265 e. The first-order valence-electron chi connectivity index (χ1n) is 8.15. The van der Waals surface area contributed by atoms with Crippen molar-refractivity contribution < 1.29 is 14.3 Å². The zero-order valence-electron chi connectivity index (χ0n) is 14.2. The van der Waals surface area contributed by atoms with Gasteiger partial charge in [-0.15, -0.1) is 11.3 Å². The lowest BCUT2D eigenvalue weighted by atomic mass is 10.2. The third-order valence-corrected chi connectivity index (χ3v) is 4.45. The molecule has 0 aliphatic heterocycles. The molecular weight excluding hydrogens is 348 g/mol. The molecule has 5 nitrogen and oxygen atoms in total. The highest BCUT2D eigenvalue weighted by atomic mass is 32.1. The molecule has 132 valence electrons. The van der Waals surface area contributed by atoms with E-state index in [1.54, 1.807) is 36.4 Å². The van der Waals surface area contributed by atoms with Gasteiger partial charge in [0.25, 0.3) is 11.8 Å². The maximum absolute atomic E-state index is 12.4. The summed E-state index contributed by atoms with van der Waals surface area (Å²) in [6, 6.07) is 17.6. The average Bonchev–Trinajstić information content (AvgIpc) is 3.19. The Morgan fingerprint density at radius 1 is 0.923 bits per heavy atom. The molecule has 1 aromatic heterocycles. The predicted molar refractivity (Wildman–Crippen MR) is 104 cm³/mol. The van der Waals surface area contributed by atoms with Crippen molar-refractivity contribution >= 4 is 34.5 Å². The van der Waals surface area contributed by atoms with Gasteiger partial charge in [0.1, 0.15) is 5.75 Å². The van der Waals surface area contributed by atoms with E-state index in [0.717, 1.165) is 0 Å². The van der Waals surface area contributed by atoms with Crippen LogP contribution in [0.1, 0.15) is 27.0 Å². The molecule has 6 heteroatoms. The fourth-order valence-corrected chi connectivity index (χ4v) is 2.97. The molecule has 0 fully saturated rings. The van der Waals surface area contributed by atoms with Gasteiger partial charge in [0.2, 0.25) is 0 Å². The van der Waals surface area contributed by atoms with Crippen LogP contribution in [0.3, 0.4) is 0 Å². The number of anilines is 2. The van der Waals surface area contributed by atoms with Gasteiger partial charge < -0.3 is 15.4 Å². The number of hydrogen-bond donors (Lipinski definition) is 2. The van der Waals surface area contributed by atoms with E-state index in [1.807, 2.05) is 36.6 Å². The molecule has 0 aliphatic carbocycles. The monoisotopic (exact) mass is 366 g/mol. The fraction of sp³-hybridized carbons (Fsp3) is 0.100. The third kappa shape index (κ3) is 4.29. The van der Waals surface area contributed by atoms with Crippen LogP contribution in [0.2, 0.25) is 0 Å². The predicted octanol–water partition coefficient (Wildman–Crippen LogP) is 4.65. The Hall–Kier alpha value is -3.12. The Morgan fingerprint density at radius 3 is 2.38 bits per heavy atom. The highest BCUT2D eigenvalue weighted by Crippen LogP contribution is 2.24. The van der Waals surface area contributed by atoms with Crippen LogP contribution in [0, 0.1) is 0 Å². The van der Waals surface area contributed by atoms with Gasteiger partial charge in [-0.1, -0.05) is 18.2 Å². The molecule has 0 bridgehead atoms. The SMILES string of the molecule is CCOc1ccccc1NC(=O)c1ccc(NC(=O)c2cccs2)cc1. The summed E-state index contributed by atoms with van der Waals surface area (Å²) in [5, 5.41) is 7.50. The first-order valence-corrected chi connectivity index (χ1v) is 9.03. The molecule has 3 rings (SSSR count). The maximum atomic E-state index is 12.4. The van der Waals surface area contributed by atoms with Crippen LogP contribution in [0.4, 0.5) is 11.4 Å². The Kier molecular flexibility index (Phi) is 5.66. The molecule has 2 aromatic carbocycles. The van der Waals surface area contributed by atoms with Crippen molar-refractivity contribution in [3.8, 4) is 5.75 Å². The zero-order valence-corrected chi connectivity index (χ0v) is 15.0. The van der Waals surface area contributed by atoms with Gasteiger partial charge in [-0.25, -0.2) is 0 Å². The molecule has 0 aliphatic rings. The largest absolute Gasteiger partial charge is 0.492 e. The summed E-state index contributed by atoms with van der Waals surface area (Å²) in [5.74, 6) is 0.222. The van der Waals surface area contributed by atoms with Gasteiger partial charge in [-0.3, -0.25) is 9.59 Å². The Morgan fingerprint density at radius 2 is 1.69 bits per heavy atom. The molecule has 1 heterocycles. The summed E-state index contributed by atoms with van der Waals surface area (Å²) in [6.45, 7) is 2.41. The van der Waals surface area contributed by atoms with Crippen molar-refractivity contribution in [2.45, 2.75) is 6.92 Å². The van der Waals surface area contributed by atoms with Gasteiger partial charge in [0.05, 0.1) is 17.2 Å².